The molecule has 0 radical (unpaired) electrons. The van der Waals surface area contributed by atoms with Gasteiger partial charge >= 0.3 is 12.1 Å². The summed E-state index contributed by atoms with van der Waals surface area (Å²) in [5.41, 5.74) is -0.375. The molecule has 1 aliphatic heterocycles. The molecular formula is C22H31BrFNO7. The van der Waals surface area contributed by atoms with Gasteiger partial charge in [-0.15, -0.1) is 0 Å². The van der Waals surface area contributed by atoms with Crippen LogP contribution in [0.25, 0.3) is 0 Å². The summed E-state index contributed by atoms with van der Waals surface area (Å²) in [6, 6.07) is 1.41. The van der Waals surface area contributed by atoms with Crippen LogP contribution in [0.5, 0.6) is 5.75 Å². The Morgan fingerprint density at radius 3 is 2.66 bits per heavy atom. The molecule has 0 spiro atoms. The number of hydrogen-bond acceptors (Lipinski definition) is 7. The minimum absolute atomic E-state index is 0.0653. The summed E-state index contributed by atoms with van der Waals surface area (Å²) in [7, 11) is 1.20. The summed E-state index contributed by atoms with van der Waals surface area (Å²) in [5, 5.41) is 2.48. The molecule has 2 rings (SSSR count). The zero-order chi connectivity index (χ0) is 23.7. The van der Waals surface area contributed by atoms with Gasteiger partial charge in [-0.25, -0.2) is 14.0 Å². The van der Waals surface area contributed by atoms with Crippen LogP contribution in [-0.4, -0.2) is 56.9 Å². The van der Waals surface area contributed by atoms with Crippen molar-refractivity contribution in [2.45, 2.75) is 64.4 Å². The van der Waals surface area contributed by atoms with Crippen molar-refractivity contribution in [2.24, 2.45) is 0 Å². The average molecular weight is 520 g/mol. The fourth-order valence-corrected chi connectivity index (χ4v) is 3.69. The van der Waals surface area contributed by atoms with Crippen LogP contribution < -0.4 is 10.1 Å². The Morgan fingerprint density at radius 1 is 1.28 bits per heavy atom. The maximum Gasteiger partial charge on any atom is 0.408 e. The van der Waals surface area contributed by atoms with Crippen molar-refractivity contribution in [1.29, 1.82) is 0 Å². The van der Waals surface area contributed by atoms with Gasteiger partial charge in [0.25, 0.3) is 0 Å². The van der Waals surface area contributed by atoms with Gasteiger partial charge < -0.3 is 29.0 Å². The highest BCUT2D eigenvalue weighted by atomic mass is 79.9. The lowest BCUT2D eigenvalue weighted by molar-refractivity contribution is -0.165. The number of rotatable bonds is 9. The fraction of sp³-hybridized carbons (Fsp3) is 0.636. The SMILES string of the molecule is COC(=O)[C@H](Cc1cc(F)cc(Br)c1OCCOC1CCCCO1)NC(=O)OC(C)(C)C. The van der Waals surface area contributed by atoms with E-state index in [1.54, 1.807) is 20.8 Å². The second-order valence-electron chi connectivity index (χ2n) is 8.32. The molecule has 0 bridgehead atoms. The van der Waals surface area contributed by atoms with E-state index in [0.717, 1.165) is 19.3 Å². The molecule has 0 aromatic heterocycles. The van der Waals surface area contributed by atoms with E-state index in [9.17, 15) is 14.0 Å². The van der Waals surface area contributed by atoms with Crippen LogP contribution in [0.1, 0.15) is 45.6 Å². The minimum atomic E-state index is -1.10. The summed E-state index contributed by atoms with van der Waals surface area (Å²) >= 11 is 3.30. The van der Waals surface area contributed by atoms with E-state index in [-0.39, 0.29) is 25.9 Å². The van der Waals surface area contributed by atoms with Gasteiger partial charge in [-0.2, -0.15) is 0 Å². The Morgan fingerprint density at radius 2 is 2.03 bits per heavy atom. The monoisotopic (exact) mass is 519 g/mol. The van der Waals surface area contributed by atoms with Gasteiger partial charge in [-0.3, -0.25) is 0 Å². The third kappa shape index (κ3) is 8.91. The second kappa shape index (κ2) is 12.4. The lowest BCUT2D eigenvalue weighted by atomic mass is 10.0. The number of carbonyl (C=O) groups is 2. The maximum absolute atomic E-state index is 14.1. The van der Waals surface area contributed by atoms with Crippen LogP contribution in [0.4, 0.5) is 9.18 Å². The molecule has 1 fully saturated rings. The number of nitrogens with one attached hydrogen (secondary N) is 1. The van der Waals surface area contributed by atoms with Crippen LogP contribution >= 0.6 is 15.9 Å². The number of benzene rings is 1. The first-order valence-electron chi connectivity index (χ1n) is 10.5. The molecular weight excluding hydrogens is 489 g/mol. The molecule has 1 aromatic carbocycles. The lowest BCUT2D eigenvalue weighted by Gasteiger charge is -2.24. The average Bonchev–Trinajstić information content (AvgIpc) is 2.70. The highest BCUT2D eigenvalue weighted by Gasteiger charge is 2.27. The van der Waals surface area contributed by atoms with Crippen molar-refractivity contribution >= 4 is 28.0 Å². The third-order valence-corrected chi connectivity index (χ3v) is 5.05. The quantitative estimate of drug-likeness (QED) is 0.387. The minimum Gasteiger partial charge on any atom is -0.490 e. The second-order valence-corrected chi connectivity index (χ2v) is 9.17. The molecule has 1 amide bonds. The maximum atomic E-state index is 14.1. The van der Waals surface area contributed by atoms with Crippen LogP contribution in [0, 0.1) is 5.82 Å². The first-order valence-corrected chi connectivity index (χ1v) is 11.3. The van der Waals surface area contributed by atoms with E-state index < -0.39 is 29.5 Å². The van der Waals surface area contributed by atoms with E-state index in [1.165, 1.54) is 19.2 Å². The van der Waals surface area contributed by atoms with Crippen LogP contribution in [0.3, 0.4) is 0 Å². The van der Waals surface area contributed by atoms with E-state index in [0.29, 0.717) is 22.4 Å². The summed E-state index contributed by atoms with van der Waals surface area (Å²) in [6.07, 6.45) is 1.82. The first kappa shape index (κ1) is 26.3. The number of esters is 1. The van der Waals surface area contributed by atoms with Crippen molar-refractivity contribution in [3.8, 4) is 5.75 Å². The number of carbonyl (C=O) groups excluding carboxylic acids is 2. The largest absolute Gasteiger partial charge is 0.490 e. The molecule has 10 heteroatoms. The third-order valence-electron chi connectivity index (χ3n) is 4.46. The molecule has 180 valence electrons. The summed E-state index contributed by atoms with van der Waals surface area (Å²) in [5.74, 6) is -0.869. The van der Waals surface area contributed by atoms with Gasteiger partial charge in [-0.05, 0) is 68.1 Å². The normalized spacial score (nSPS) is 17.4. The molecule has 0 aliphatic carbocycles. The zero-order valence-corrected chi connectivity index (χ0v) is 20.5. The predicted octanol–water partition coefficient (Wildman–Crippen LogP) is 4.12. The molecule has 8 nitrogen and oxygen atoms in total. The van der Waals surface area contributed by atoms with Crippen LogP contribution in [0.2, 0.25) is 0 Å². The number of methoxy groups -OCH3 is 1. The molecule has 1 heterocycles. The molecule has 1 aliphatic rings. The van der Waals surface area contributed by atoms with Crippen molar-refractivity contribution in [1.82, 2.24) is 5.32 Å². The van der Waals surface area contributed by atoms with Gasteiger partial charge in [0.2, 0.25) is 0 Å². The van der Waals surface area contributed by atoms with Gasteiger partial charge in [0.15, 0.2) is 6.29 Å². The van der Waals surface area contributed by atoms with E-state index in [1.807, 2.05) is 0 Å². The van der Waals surface area contributed by atoms with Gasteiger partial charge in [0.1, 0.15) is 29.8 Å². The van der Waals surface area contributed by atoms with E-state index in [2.05, 4.69) is 21.2 Å². The number of ether oxygens (including phenoxy) is 5. The Hall–Kier alpha value is -1.91. The number of alkyl carbamates (subject to hydrolysis) is 1. The topological polar surface area (TPSA) is 92.3 Å². The first-order chi connectivity index (χ1) is 15.1. The predicted molar refractivity (Wildman–Crippen MR) is 118 cm³/mol. The molecule has 1 N–H and O–H groups in total. The summed E-state index contributed by atoms with van der Waals surface area (Å²) in [6.45, 7) is 6.27. The van der Waals surface area contributed by atoms with Crippen LogP contribution in [0.15, 0.2) is 16.6 Å². The Balaban J connectivity index is 2.07. The van der Waals surface area contributed by atoms with Gasteiger partial charge in [0.05, 0.1) is 18.2 Å². The molecule has 1 saturated heterocycles. The molecule has 32 heavy (non-hydrogen) atoms. The molecule has 0 saturated carbocycles. The van der Waals surface area contributed by atoms with Gasteiger partial charge in [-0.1, -0.05) is 0 Å². The van der Waals surface area contributed by atoms with Crippen molar-refractivity contribution in [3.63, 3.8) is 0 Å². The molecule has 1 aromatic rings. The zero-order valence-electron chi connectivity index (χ0n) is 18.9. The standard InChI is InChI=1S/C22H31BrFNO7/c1-22(2,3)32-21(27)25-17(20(26)28-4)12-14-11-15(24)13-16(23)19(14)31-10-9-30-18-7-5-6-8-29-18/h11,13,17-18H,5-10,12H2,1-4H3,(H,25,27)/t17-,18?/m0/s1. The van der Waals surface area contributed by atoms with Gasteiger partial charge in [0, 0.05) is 18.6 Å². The van der Waals surface area contributed by atoms with Crippen molar-refractivity contribution in [2.75, 3.05) is 26.9 Å². The van der Waals surface area contributed by atoms with Crippen molar-refractivity contribution < 1.29 is 37.7 Å². The Labute approximate surface area is 196 Å². The Bertz CT molecular complexity index is 778. The number of halogens is 2. The van der Waals surface area contributed by atoms with E-state index in [4.69, 9.17) is 23.7 Å². The number of hydrogen-bond donors (Lipinski definition) is 1. The fourth-order valence-electron chi connectivity index (χ4n) is 3.10. The number of amides is 1. The summed E-state index contributed by atoms with van der Waals surface area (Å²) in [4.78, 5) is 24.4. The molecule has 1 unspecified atom stereocenters. The smallest absolute Gasteiger partial charge is 0.408 e. The van der Waals surface area contributed by atoms with Crippen molar-refractivity contribution in [3.05, 3.63) is 28.0 Å². The van der Waals surface area contributed by atoms with E-state index >= 15 is 0 Å². The highest BCUT2D eigenvalue weighted by molar-refractivity contribution is 9.10. The molecule has 2 atom stereocenters. The highest BCUT2D eigenvalue weighted by Crippen LogP contribution is 2.32. The van der Waals surface area contributed by atoms with Crippen LogP contribution in [-0.2, 0) is 30.2 Å². The Kier molecular flexibility index (Phi) is 10.2. The lowest BCUT2D eigenvalue weighted by Crippen LogP contribution is -2.45. The summed E-state index contributed by atoms with van der Waals surface area (Å²) < 4.78 is 41.5.